The fraction of sp³-hybridized carbons (Fsp3) is 0.154. The van der Waals surface area contributed by atoms with Crippen molar-refractivity contribution in [1.29, 1.82) is 0 Å². The van der Waals surface area contributed by atoms with Crippen LogP contribution < -0.4 is 4.74 Å². The number of ether oxygens (including phenoxy) is 1. The number of benzene rings is 1. The van der Waals surface area contributed by atoms with Gasteiger partial charge in [0.2, 0.25) is 0 Å². The minimum absolute atomic E-state index is 0.00665. The topological polar surface area (TPSA) is 72.3 Å². The summed E-state index contributed by atoms with van der Waals surface area (Å²) in [5.74, 6) is -0.00588. The second-order valence-corrected chi connectivity index (χ2v) is 5.69. The van der Waals surface area contributed by atoms with E-state index in [2.05, 4.69) is 9.97 Å². The molecule has 0 aliphatic rings. The number of aromatic carboxylic acids is 1. The first-order valence-electron chi connectivity index (χ1n) is 5.72. The van der Waals surface area contributed by atoms with Gasteiger partial charge in [0.1, 0.15) is 5.75 Å². The molecule has 2 aromatic rings. The maximum atomic E-state index is 11.0. The molecule has 1 heterocycles. The van der Waals surface area contributed by atoms with Crippen LogP contribution in [0.25, 0.3) is 0 Å². The third kappa shape index (κ3) is 4.00. The van der Waals surface area contributed by atoms with Crippen LogP contribution in [0.15, 0.2) is 29.6 Å². The van der Waals surface area contributed by atoms with E-state index < -0.39 is 5.97 Å². The molecule has 0 saturated heterocycles. The first-order valence-corrected chi connectivity index (χ1v) is 7.46. The van der Waals surface area contributed by atoms with E-state index in [1.165, 1.54) is 18.0 Å². The summed E-state index contributed by atoms with van der Waals surface area (Å²) in [5.41, 5.74) is 0.651. The number of aromatic nitrogens is 2. The number of hydrogen-bond acceptors (Lipinski definition) is 5. The molecule has 0 bridgehead atoms. The fourth-order valence-electron chi connectivity index (χ4n) is 1.57. The zero-order valence-electron chi connectivity index (χ0n) is 10.8. The molecule has 1 N–H and O–H groups in total. The number of hydrogen-bond donors (Lipinski definition) is 1. The van der Waals surface area contributed by atoms with Gasteiger partial charge >= 0.3 is 5.97 Å². The predicted molar refractivity (Wildman–Crippen MR) is 81.6 cm³/mol. The largest absolute Gasteiger partial charge is 0.496 e. The Hall–Kier alpha value is -1.50. The predicted octanol–water partition coefficient (Wildman–Crippen LogP) is 3.78. The van der Waals surface area contributed by atoms with Gasteiger partial charge in [0.15, 0.2) is 10.9 Å². The summed E-state index contributed by atoms with van der Waals surface area (Å²) < 4.78 is 5.24. The van der Waals surface area contributed by atoms with Crippen molar-refractivity contribution in [2.24, 2.45) is 0 Å². The number of thioether (sulfide) groups is 1. The minimum atomic E-state index is -1.19. The number of halogens is 2. The zero-order valence-corrected chi connectivity index (χ0v) is 13.2. The molecule has 2 rings (SSSR count). The Balaban J connectivity index is 2.19. The summed E-state index contributed by atoms with van der Waals surface area (Å²) in [6.45, 7) is 0. The van der Waals surface area contributed by atoms with Gasteiger partial charge in [0, 0.05) is 16.3 Å². The van der Waals surface area contributed by atoms with Gasteiger partial charge in [-0.25, -0.2) is 14.8 Å². The maximum Gasteiger partial charge on any atom is 0.356 e. The lowest BCUT2D eigenvalue weighted by molar-refractivity contribution is 0.0689. The highest BCUT2D eigenvalue weighted by Gasteiger charge is 2.13. The third-order valence-electron chi connectivity index (χ3n) is 2.52. The van der Waals surface area contributed by atoms with E-state index in [0.29, 0.717) is 21.7 Å². The van der Waals surface area contributed by atoms with E-state index in [1.54, 1.807) is 25.3 Å². The lowest BCUT2D eigenvalue weighted by Crippen LogP contribution is -2.03. The van der Waals surface area contributed by atoms with Crippen molar-refractivity contribution in [3.8, 4) is 5.75 Å². The van der Waals surface area contributed by atoms with E-state index in [0.717, 1.165) is 5.56 Å². The molecule has 0 unspecified atom stereocenters. The van der Waals surface area contributed by atoms with Crippen LogP contribution in [-0.2, 0) is 5.75 Å². The van der Waals surface area contributed by atoms with Crippen molar-refractivity contribution in [2.45, 2.75) is 10.9 Å². The van der Waals surface area contributed by atoms with Crippen LogP contribution in [-0.4, -0.2) is 28.2 Å². The number of carboxylic acids is 1. The fourth-order valence-corrected chi connectivity index (χ4v) is 2.73. The van der Waals surface area contributed by atoms with Gasteiger partial charge in [-0.1, -0.05) is 35.0 Å². The van der Waals surface area contributed by atoms with Crippen molar-refractivity contribution < 1.29 is 14.6 Å². The van der Waals surface area contributed by atoms with Crippen LogP contribution in [0.5, 0.6) is 5.75 Å². The standard InChI is InChI=1S/C13H10Cl2N2O3S/c1-20-10-3-2-8(14)4-7(10)6-21-13-16-5-9(15)11(17-13)12(18)19/h2-5H,6H2,1H3,(H,18,19). The lowest BCUT2D eigenvalue weighted by atomic mass is 10.2. The molecular formula is C13H10Cl2N2O3S. The van der Waals surface area contributed by atoms with Crippen LogP contribution in [0.4, 0.5) is 0 Å². The van der Waals surface area contributed by atoms with Crippen molar-refractivity contribution >= 4 is 40.9 Å². The smallest absolute Gasteiger partial charge is 0.356 e. The van der Waals surface area contributed by atoms with Crippen LogP contribution in [0.2, 0.25) is 10.0 Å². The normalized spacial score (nSPS) is 10.4. The monoisotopic (exact) mass is 344 g/mol. The lowest BCUT2D eigenvalue weighted by Gasteiger charge is -2.08. The quantitative estimate of drug-likeness (QED) is 0.657. The summed E-state index contributed by atoms with van der Waals surface area (Å²) in [4.78, 5) is 18.9. The summed E-state index contributed by atoms with van der Waals surface area (Å²) >= 11 is 12.9. The Morgan fingerprint density at radius 1 is 1.43 bits per heavy atom. The molecule has 0 saturated carbocycles. The van der Waals surface area contributed by atoms with Gasteiger partial charge in [0.25, 0.3) is 0 Å². The molecule has 0 aliphatic heterocycles. The Bertz CT molecular complexity index is 682. The summed E-state index contributed by atoms with van der Waals surface area (Å²) in [6.07, 6.45) is 1.27. The van der Waals surface area contributed by atoms with Crippen LogP contribution in [0.1, 0.15) is 16.1 Å². The Morgan fingerprint density at radius 3 is 2.86 bits per heavy atom. The zero-order chi connectivity index (χ0) is 15.4. The van der Waals surface area contributed by atoms with Gasteiger partial charge in [-0.3, -0.25) is 0 Å². The first kappa shape index (κ1) is 15.9. The van der Waals surface area contributed by atoms with E-state index in [9.17, 15) is 4.79 Å². The molecule has 0 aliphatic carbocycles. The van der Waals surface area contributed by atoms with Gasteiger partial charge in [-0.15, -0.1) is 0 Å². The second-order valence-electron chi connectivity index (χ2n) is 3.90. The molecule has 1 aromatic heterocycles. The average molecular weight is 345 g/mol. The molecule has 0 atom stereocenters. The number of nitrogens with zero attached hydrogens (tertiary/aromatic N) is 2. The Labute approximate surface area is 135 Å². The van der Waals surface area contributed by atoms with Crippen molar-refractivity contribution in [1.82, 2.24) is 9.97 Å². The molecule has 21 heavy (non-hydrogen) atoms. The molecule has 110 valence electrons. The second kappa shape index (κ2) is 6.98. The molecule has 0 spiro atoms. The number of carboxylic acid groups (broad SMARTS) is 1. The van der Waals surface area contributed by atoms with Crippen molar-refractivity contribution in [2.75, 3.05) is 7.11 Å². The first-order chi connectivity index (χ1) is 10.0. The summed E-state index contributed by atoms with van der Waals surface area (Å²) in [6, 6.07) is 5.28. The van der Waals surface area contributed by atoms with Gasteiger partial charge in [-0.2, -0.15) is 0 Å². The maximum absolute atomic E-state index is 11.0. The molecule has 0 fully saturated rings. The van der Waals surface area contributed by atoms with E-state index in [-0.39, 0.29) is 10.7 Å². The summed E-state index contributed by atoms with van der Waals surface area (Å²) in [7, 11) is 1.57. The SMILES string of the molecule is COc1ccc(Cl)cc1CSc1ncc(Cl)c(C(=O)O)n1. The minimum Gasteiger partial charge on any atom is -0.496 e. The highest BCUT2D eigenvalue weighted by atomic mass is 35.5. The Kier molecular flexibility index (Phi) is 5.27. The molecular weight excluding hydrogens is 335 g/mol. The number of rotatable bonds is 5. The molecule has 8 heteroatoms. The molecule has 0 amide bonds. The summed E-state index contributed by atoms with van der Waals surface area (Å²) in [5, 5.41) is 9.89. The Morgan fingerprint density at radius 2 is 2.19 bits per heavy atom. The number of carbonyl (C=O) groups is 1. The average Bonchev–Trinajstić information content (AvgIpc) is 2.46. The van der Waals surface area contributed by atoms with Gasteiger partial charge in [-0.05, 0) is 18.2 Å². The highest BCUT2D eigenvalue weighted by Crippen LogP contribution is 2.29. The van der Waals surface area contributed by atoms with Gasteiger partial charge < -0.3 is 9.84 Å². The van der Waals surface area contributed by atoms with Gasteiger partial charge in [0.05, 0.1) is 18.3 Å². The highest BCUT2D eigenvalue weighted by molar-refractivity contribution is 7.98. The third-order valence-corrected chi connectivity index (χ3v) is 3.95. The number of methoxy groups -OCH3 is 1. The molecule has 1 aromatic carbocycles. The van der Waals surface area contributed by atoms with Crippen molar-refractivity contribution in [3.05, 3.63) is 45.7 Å². The van der Waals surface area contributed by atoms with Crippen LogP contribution in [0, 0.1) is 0 Å². The molecule has 0 radical (unpaired) electrons. The van der Waals surface area contributed by atoms with E-state index in [1.807, 2.05) is 0 Å². The van der Waals surface area contributed by atoms with Crippen molar-refractivity contribution in [3.63, 3.8) is 0 Å². The van der Waals surface area contributed by atoms with E-state index in [4.69, 9.17) is 33.0 Å². The molecule has 5 nitrogen and oxygen atoms in total. The van der Waals surface area contributed by atoms with Crippen LogP contribution >= 0.6 is 35.0 Å². The van der Waals surface area contributed by atoms with Crippen LogP contribution in [0.3, 0.4) is 0 Å². The van der Waals surface area contributed by atoms with E-state index >= 15 is 0 Å².